The molecule has 7 nitrogen and oxygen atoms in total. The van der Waals surface area contributed by atoms with Crippen molar-refractivity contribution in [1.29, 1.82) is 0 Å². The normalized spacial score (nSPS) is 10.1. The average molecular weight is 316 g/mol. The fourth-order valence-electron chi connectivity index (χ4n) is 1.62. The number of carbonyl (C=O) groups excluding carboxylic acids is 4. The van der Waals surface area contributed by atoms with Gasteiger partial charge in [0.2, 0.25) is 18.1 Å². The van der Waals surface area contributed by atoms with Crippen molar-refractivity contribution in [2.75, 3.05) is 13.1 Å². The van der Waals surface area contributed by atoms with E-state index in [9.17, 15) is 19.2 Å². The molecular weight excluding hydrogens is 298 g/mol. The SMILES string of the molecule is CC(=O)NCCC(=O)NN(C[C]=O)C(=O)C=Cc1ccccc1. The average Bonchev–Trinajstić information content (AvgIpc) is 2.53. The lowest BCUT2D eigenvalue weighted by molar-refractivity contribution is -0.137. The first-order chi connectivity index (χ1) is 11.0. The highest BCUT2D eigenvalue weighted by Gasteiger charge is 2.13. The summed E-state index contributed by atoms with van der Waals surface area (Å²) in [6.45, 7) is 1.10. The van der Waals surface area contributed by atoms with E-state index in [0.29, 0.717) is 0 Å². The van der Waals surface area contributed by atoms with Crippen molar-refractivity contribution in [3.63, 3.8) is 0 Å². The van der Waals surface area contributed by atoms with Crippen LogP contribution in [0.4, 0.5) is 0 Å². The highest BCUT2D eigenvalue weighted by molar-refractivity contribution is 5.94. The summed E-state index contributed by atoms with van der Waals surface area (Å²) in [4.78, 5) is 44.9. The molecule has 0 unspecified atom stereocenters. The molecular formula is C16H18N3O4. The zero-order valence-electron chi connectivity index (χ0n) is 12.7. The Kier molecular flexibility index (Phi) is 7.77. The Bertz CT molecular complexity index is 584. The van der Waals surface area contributed by atoms with Gasteiger partial charge in [0.1, 0.15) is 6.54 Å². The molecule has 0 aliphatic carbocycles. The third-order valence-electron chi connectivity index (χ3n) is 2.69. The van der Waals surface area contributed by atoms with E-state index < -0.39 is 11.8 Å². The number of hydrogen-bond donors (Lipinski definition) is 2. The largest absolute Gasteiger partial charge is 0.356 e. The maximum absolute atomic E-state index is 12.0. The Balaban J connectivity index is 2.57. The van der Waals surface area contributed by atoms with Crippen LogP contribution < -0.4 is 10.7 Å². The molecule has 0 spiro atoms. The summed E-state index contributed by atoms with van der Waals surface area (Å²) in [5.41, 5.74) is 3.12. The Labute approximate surface area is 134 Å². The van der Waals surface area contributed by atoms with E-state index in [1.807, 2.05) is 30.3 Å². The number of rotatable bonds is 7. The summed E-state index contributed by atoms with van der Waals surface area (Å²) in [5, 5.41) is 3.33. The first kappa shape index (κ1) is 18.1. The quantitative estimate of drug-likeness (QED) is 0.555. The van der Waals surface area contributed by atoms with E-state index in [4.69, 9.17) is 0 Å². The molecule has 0 heterocycles. The second kappa shape index (κ2) is 9.88. The van der Waals surface area contributed by atoms with E-state index in [2.05, 4.69) is 10.7 Å². The van der Waals surface area contributed by atoms with Gasteiger partial charge in [-0.3, -0.25) is 24.6 Å². The van der Waals surface area contributed by atoms with Crippen LogP contribution in [0.25, 0.3) is 6.08 Å². The maximum atomic E-state index is 12.0. The van der Waals surface area contributed by atoms with Crippen molar-refractivity contribution in [2.24, 2.45) is 0 Å². The number of nitrogens with one attached hydrogen (secondary N) is 2. The minimum atomic E-state index is -0.551. The zero-order chi connectivity index (χ0) is 17.1. The number of benzene rings is 1. The summed E-state index contributed by atoms with van der Waals surface area (Å²) < 4.78 is 0. The van der Waals surface area contributed by atoms with Crippen molar-refractivity contribution in [1.82, 2.24) is 15.8 Å². The van der Waals surface area contributed by atoms with E-state index in [0.717, 1.165) is 10.6 Å². The van der Waals surface area contributed by atoms with Crippen LogP contribution in [0.2, 0.25) is 0 Å². The van der Waals surface area contributed by atoms with Crippen LogP contribution in [0.5, 0.6) is 0 Å². The molecule has 0 atom stereocenters. The lowest BCUT2D eigenvalue weighted by Gasteiger charge is -2.19. The van der Waals surface area contributed by atoms with Crippen LogP contribution in [0.15, 0.2) is 36.4 Å². The second-order valence-electron chi connectivity index (χ2n) is 4.58. The van der Waals surface area contributed by atoms with Crippen molar-refractivity contribution in [2.45, 2.75) is 13.3 Å². The van der Waals surface area contributed by atoms with Crippen LogP contribution in [0, 0.1) is 0 Å². The van der Waals surface area contributed by atoms with Crippen LogP contribution >= 0.6 is 0 Å². The molecule has 3 amide bonds. The first-order valence-corrected chi connectivity index (χ1v) is 6.96. The molecule has 0 aliphatic heterocycles. The summed E-state index contributed by atoms with van der Waals surface area (Å²) in [6.07, 6.45) is 4.38. The van der Waals surface area contributed by atoms with Gasteiger partial charge in [0.15, 0.2) is 0 Å². The number of nitrogens with zero attached hydrogens (tertiary/aromatic N) is 1. The Morgan fingerprint density at radius 3 is 2.52 bits per heavy atom. The fraction of sp³-hybridized carbons (Fsp3) is 0.250. The summed E-state index contributed by atoms with van der Waals surface area (Å²) in [6, 6.07) is 9.12. The minimum absolute atomic E-state index is 0.00931. The molecule has 1 aromatic carbocycles. The van der Waals surface area contributed by atoms with E-state index in [1.165, 1.54) is 13.0 Å². The lowest BCUT2D eigenvalue weighted by Crippen LogP contribution is -2.47. The van der Waals surface area contributed by atoms with E-state index >= 15 is 0 Å². The zero-order valence-corrected chi connectivity index (χ0v) is 12.7. The van der Waals surface area contributed by atoms with Crippen molar-refractivity contribution in [3.8, 4) is 0 Å². The molecule has 0 aliphatic rings. The van der Waals surface area contributed by atoms with Crippen LogP contribution in [-0.4, -0.2) is 42.1 Å². The predicted octanol–water partition coefficient (Wildman–Crippen LogP) is 0.196. The van der Waals surface area contributed by atoms with Gasteiger partial charge < -0.3 is 5.32 Å². The molecule has 1 radical (unpaired) electrons. The smallest absolute Gasteiger partial charge is 0.265 e. The molecule has 1 aromatic rings. The predicted molar refractivity (Wildman–Crippen MR) is 84.3 cm³/mol. The van der Waals surface area contributed by atoms with Crippen molar-refractivity contribution < 1.29 is 19.2 Å². The highest BCUT2D eigenvalue weighted by Crippen LogP contribution is 2.01. The Morgan fingerprint density at radius 1 is 1.22 bits per heavy atom. The third-order valence-corrected chi connectivity index (χ3v) is 2.69. The monoisotopic (exact) mass is 316 g/mol. The van der Waals surface area contributed by atoms with Crippen LogP contribution in [0.1, 0.15) is 18.9 Å². The van der Waals surface area contributed by atoms with Gasteiger partial charge in [0.25, 0.3) is 5.91 Å². The van der Waals surface area contributed by atoms with Gasteiger partial charge in [-0.15, -0.1) is 0 Å². The lowest BCUT2D eigenvalue weighted by atomic mass is 10.2. The van der Waals surface area contributed by atoms with Gasteiger partial charge in [-0.05, 0) is 11.6 Å². The van der Waals surface area contributed by atoms with E-state index in [-0.39, 0.29) is 25.4 Å². The Hall–Kier alpha value is -2.96. The van der Waals surface area contributed by atoms with Gasteiger partial charge in [0.05, 0.1) is 0 Å². The number of carbonyl (C=O) groups is 3. The molecule has 0 fully saturated rings. The first-order valence-electron chi connectivity index (χ1n) is 6.96. The molecule has 23 heavy (non-hydrogen) atoms. The topological polar surface area (TPSA) is 95.6 Å². The molecule has 2 N–H and O–H groups in total. The molecule has 1 rings (SSSR count). The fourth-order valence-corrected chi connectivity index (χ4v) is 1.62. The molecule has 0 bridgehead atoms. The van der Waals surface area contributed by atoms with Crippen LogP contribution in [-0.2, 0) is 19.2 Å². The molecule has 121 valence electrons. The standard InChI is InChI=1S/C16H18N3O4/c1-13(21)17-10-9-15(22)18-19(11-12-20)16(23)8-7-14-5-3-2-4-6-14/h2-8H,9-11H2,1H3,(H,17,21)(H,18,22). The Morgan fingerprint density at radius 2 is 1.91 bits per heavy atom. The number of hydrogen-bond acceptors (Lipinski definition) is 4. The van der Waals surface area contributed by atoms with Crippen molar-refractivity contribution in [3.05, 3.63) is 42.0 Å². The molecule has 0 saturated carbocycles. The highest BCUT2D eigenvalue weighted by atomic mass is 16.2. The molecule has 7 heteroatoms. The van der Waals surface area contributed by atoms with Gasteiger partial charge in [0, 0.05) is 26.0 Å². The molecule has 0 aromatic heterocycles. The maximum Gasteiger partial charge on any atom is 0.265 e. The van der Waals surface area contributed by atoms with Crippen LogP contribution in [0.3, 0.4) is 0 Å². The van der Waals surface area contributed by atoms with Gasteiger partial charge in [-0.2, -0.15) is 0 Å². The number of hydrazine groups is 1. The van der Waals surface area contributed by atoms with Gasteiger partial charge >= 0.3 is 0 Å². The minimum Gasteiger partial charge on any atom is -0.356 e. The second-order valence-corrected chi connectivity index (χ2v) is 4.58. The van der Waals surface area contributed by atoms with Gasteiger partial charge in [-0.1, -0.05) is 30.3 Å². The van der Waals surface area contributed by atoms with E-state index in [1.54, 1.807) is 12.4 Å². The van der Waals surface area contributed by atoms with Gasteiger partial charge in [-0.25, -0.2) is 5.01 Å². The summed E-state index contributed by atoms with van der Waals surface area (Å²) in [7, 11) is 0. The summed E-state index contributed by atoms with van der Waals surface area (Å²) in [5.74, 6) is -1.29. The molecule has 0 saturated heterocycles. The van der Waals surface area contributed by atoms with Crippen molar-refractivity contribution >= 4 is 30.1 Å². The third kappa shape index (κ3) is 7.56. The number of amides is 3. The summed E-state index contributed by atoms with van der Waals surface area (Å²) >= 11 is 0.